The number of carbonyl (C=O) groups is 3. The second kappa shape index (κ2) is 9.39. The molecular formula is C19H17Cl2NO5. The summed E-state index contributed by atoms with van der Waals surface area (Å²) in [5.41, 5.74) is 0.929. The molecule has 1 N–H and O–H groups in total. The molecule has 27 heavy (non-hydrogen) atoms. The molecule has 8 heteroatoms. The van der Waals surface area contributed by atoms with Gasteiger partial charge in [-0.25, -0.2) is 4.79 Å². The van der Waals surface area contributed by atoms with E-state index in [2.05, 4.69) is 5.32 Å². The van der Waals surface area contributed by atoms with Crippen LogP contribution in [-0.2, 0) is 14.3 Å². The number of anilines is 1. The van der Waals surface area contributed by atoms with E-state index in [1.165, 1.54) is 32.0 Å². The highest BCUT2D eigenvalue weighted by atomic mass is 35.5. The molecule has 0 radical (unpaired) electrons. The molecule has 0 saturated carbocycles. The summed E-state index contributed by atoms with van der Waals surface area (Å²) in [6.07, 6.45) is -1.04. The van der Waals surface area contributed by atoms with Crippen LogP contribution in [0.2, 0.25) is 10.0 Å². The summed E-state index contributed by atoms with van der Waals surface area (Å²) in [6.45, 7) is 2.51. The predicted octanol–water partition coefficient (Wildman–Crippen LogP) is 4.15. The van der Waals surface area contributed by atoms with Gasteiger partial charge in [0.1, 0.15) is 5.75 Å². The maximum atomic E-state index is 12.1. The fourth-order valence-electron chi connectivity index (χ4n) is 2.08. The molecule has 1 amide bonds. The van der Waals surface area contributed by atoms with E-state index >= 15 is 0 Å². The number of carbonyl (C=O) groups excluding carboxylic acids is 3. The van der Waals surface area contributed by atoms with Crippen LogP contribution < -0.4 is 10.1 Å². The molecule has 6 nitrogen and oxygen atoms in total. The third-order valence-electron chi connectivity index (χ3n) is 3.43. The number of esters is 1. The van der Waals surface area contributed by atoms with Gasteiger partial charge in [0.05, 0.1) is 0 Å². The van der Waals surface area contributed by atoms with Crippen LogP contribution in [0.5, 0.6) is 5.75 Å². The van der Waals surface area contributed by atoms with Gasteiger partial charge in [-0.2, -0.15) is 0 Å². The average molecular weight is 410 g/mol. The lowest BCUT2D eigenvalue weighted by Gasteiger charge is -2.14. The molecule has 0 fully saturated rings. The van der Waals surface area contributed by atoms with Crippen molar-refractivity contribution < 1.29 is 23.9 Å². The van der Waals surface area contributed by atoms with Crippen LogP contribution >= 0.6 is 23.2 Å². The molecular weight excluding hydrogens is 393 g/mol. The van der Waals surface area contributed by atoms with Crippen LogP contribution in [0.3, 0.4) is 0 Å². The largest absolute Gasteiger partial charge is 0.482 e. The first-order chi connectivity index (χ1) is 12.7. The number of benzene rings is 2. The highest BCUT2D eigenvalue weighted by molar-refractivity contribution is 6.35. The first kappa shape index (κ1) is 20.7. The molecule has 2 rings (SSSR count). The summed E-state index contributed by atoms with van der Waals surface area (Å²) in [5, 5.41) is 3.30. The highest BCUT2D eigenvalue weighted by Gasteiger charge is 2.18. The van der Waals surface area contributed by atoms with Crippen molar-refractivity contribution in [2.75, 3.05) is 11.9 Å². The van der Waals surface area contributed by atoms with Crippen molar-refractivity contribution in [3.63, 3.8) is 0 Å². The minimum atomic E-state index is -1.04. The van der Waals surface area contributed by atoms with E-state index < -0.39 is 18.0 Å². The molecule has 2 aromatic carbocycles. The van der Waals surface area contributed by atoms with Crippen LogP contribution in [0, 0.1) is 0 Å². The number of hydrogen-bond acceptors (Lipinski definition) is 5. The zero-order valence-corrected chi connectivity index (χ0v) is 16.1. The van der Waals surface area contributed by atoms with Crippen LogP contribution in [0.1, 0.15) is 24.2 Å². The highest BCUT2D eigenvalue weighted by Crippen LogP contribution is 2.22. The van der Waals surface area contributed by atoms with Crippen molar-refractivity contribution in [2.24, 2.45) is 0 Å². The lowest BCUT2D eigenvalue weighted by Crippen LogP contribution is -2.31. The Kier molecular flexibility index (Phi) is 7.21. The summed E-state index contributed by atoms with van der Waals surface area (Å²) in [5.74, 6) is -0.908. The number of halogens is 2. The third-order valence-corrected chi connectivity index (χ3v) is 3.86. The monoisotopic (exact) mass is 409 g/mol. The summed E-state index contributed by atoms with van der Waals surface area (Å²) in [6, 6.07) is 10.9. The first-order valence-electron chi connectivity index (χ1n) is 7.95. The van der Waals surface area contributed by atoms with Crippen molar-refractivity contribution in [1.29, 1.82) is 0 Å². The van der Waals surface area contributed by atoms with E-state index in [4.69, 9.17) is 32.7 Å². The smallest absolute Gasteiger partial charge is 0.344 e. The van der Waals surface area contributed by atoms with Gasteiger partial charge in [-0.1, -0.05) is 23.2 Å². The topological polar surface area (TPSA) is 81.7 Å². The van der Waals surface area contributed by atoms with Gasteiger partial charge in [-0.15, -0.1) is 0 Å². The minimum Gasteiger partial charge on any atom is -0.482 e. The summed E-state index contributed by atoms with van der Waals surface area (Å²) in [4.78, 5) is 35.2. The Bertz CT molecular complexity index is 831. The normalized spacial score (nSPS) is 11.4. The van der Waals surface area contributed by atoms with Gasteiger partial charge in [0, 0.05) is 21.3 Å². The Balaban J connectivity index is 1.83. The number of ether oxygens (including phenoxy) is 2. The predicted molar refractivity (Wildman–Crippen MR) is 103 cm³/mol. The molecule has 1 atom stereocenters. The summed E-state index contributed by atoms with van der Waals surface area (Å²) in [7, 11) is 0. The van der Waals surface area contributed by atoms with E-state index in [9.17, 15) is 14.4 Å². The minimum absolute atomic E-state index is 0.0678. The zero-order chi connectivity index (χ0) is 20.0. The van der Waals surface area contributed by atoms with E-state index in [0.717, 1.165) is 0 Å². The standard InChI is InChI=1S/C19H17Cl2NO5/c1-11(23)13-3-5-17(6-4-13)26-10-18(24)27-12(2)19(25)22-16-8-14(20)7-15(21)9-16/h3-9,12H,10H2,1-2H3,(H,22,25)/t12-/m1/s1. The van der Waals surface area contributed by atoms with E-state index in [1.807, 2.05) is 0 Å². The molecule has 0 spiro atoms. The molecule has 0 bridgehead atoms. The molecule has 0 heterocycles. The van der Waals surface area contributed by atoms with E-state index in [1.54, 1.807) is 24.3 Å². The molecule has 0 unspecified atom stereocenters. The Labute approximate surface area is 166 Å². The number of ketones is 1. The van der Waals surface area contributed by atoms with Gasteiger partial charge < -0.3 is 14.8 Å². The van der Waals surface area contributed by atoms with Crippen LogP contribution in [0.25, 0.3) is 0 Å². The van der Waals surface area contributed by atoms with Crippen molar-refractivity contribution in [3.05, 3.63) is 58.1 Å². The van der Waals surface area contributed by atoms with Crippen molar-refractivity contribution in [1.82, 2.24) is 0 Å². The molecule has 0 saturated heterocycles. The quantitative estimate of drug-likeness (QED) is 0.548. The SMILES string of the molecule is CC(=O)c1ccc(OCC(=O)O[C@H](C)C(=O)Nc2cc(Cl)cc(Cl)c2)cc1. The Morgan fingerprint density at radius 3 is 2.19 bits per heavy atom. The van der Waals surface area contributed by atoms with Gasteiger partial charge in [0.25, 0.3) is 5.91 Å². The van der Waals surface area contributed by atoms with Gasteiger partial charge in [0.2, 0.25) is 0 Å². The average Bonchev–Trinajstić information content (AvgIpc) is 2.59. The maximum absolute atomic E-state index is 12.1. The maximum Gasteiger partial charge on any atom is 0.344 e. The lowest BCUT2D eigenvalue weighted by molar-refractivity contribution is -0.155. The first-order valence-corrected chi connectivity index (χ1v) is 8.70. The number of nitrogens with one attached hydrogen (secondary N) is 1. The van der Waals surface area contributed by atoms with Gasteiger partial charge in [0.15, 0.2) is 18.5 Å². The molecule has 0 aliphatic carbocycles. The van der Waals surface area contributed by atoms with E-state index in [-0.39, 0.29) is 12.4 Å². The summed E-state index contributed by atoms with van der Waals surface area (Å²) >= 11 is 11.7. The van der Waals surface area contributed by atoms with Crippen molar-refractivity contribution in [3.8, 4) is 5.75 Å². The second-order valence-electron chi connectivity index (χ2n) is 5.65. The van der Waals surface area contributed by atoms with Crippen LogP contribution in [0.4, 0.5) is 5.69 Å². The number of Topliss-reactive ketones (excluding diaryl/α,β-unsaturated/α-hetero) is 1. The van der Waals surface area contributed by atoms with Crippen molar-refractivity contribution in [2.45, 2.75) is 20.0 Å². The van der Waals surface area contributed by atoms with Gasteiger partial charge in [-0.3, -0.25) is 9.59 Å². The van der Waals surface area contributed by atoms with Gasteiger partial charge in [-0.05, 0) is 56.3 Å². The Morgan fingerprint density at radius 1 is 1.04 bits per heavy atom. The summed E-state index contributed by atoms with van der Waals surface area (Å²) < 4.78 is 10.3. The fraction of sp³-hybridized carbons (Fsp3) is 0.211. The fourth-order valence-corrected chi connectivity index (χ4v) is 2.61. The molecule has 0 aliphatic rings. The number of rotatable bonds is 7. The lowest BCUT2D eigenvalue weighted by atomic mass is 10.1. The van der Waals surface area contributed by atoms with Crippen LogP contribution in [-0.4, -0.2) is 30.4 Å². The molecule has 0 aliphatic heterocycles. The zero-order valence-electron chi connectivity index (χ0n) is 14.6. The van der Waals surface area contributed by atoms with E-state index in [0.29, 0.717) is 27.0 Å². The molecule has 0 aromatic heterocycles. The number of amides is 1. The third kappa shape index (κ3) is 6.58. The molecule has 142 valence electrons. The molecule has 2 aromatic rings. The van der Waals surface area contributed by atoms with Crippen LogP contribution in [0.15, 0.2) is 42.5 Å². The Hall–Kier alpha value is -2.57. The Morgan fingerprint density at radius 2 is 1.63 bits per heavy atom. The van der Waals surface area contributed by atoms with Crippen molar-refractivity contribution >= 4 is 46.5 Å². The second-order valence-corrected chi connectivity index (χ2v) is 6.52. The number of hydrogen-bond donors (Lipinski definition) is 1. The van der Waals surface area contributed by atoms with Gasteiger partial charge >= 0.3 is 5.97 Å².